The van der Waals surface area contributed by atoms with Gasteiger partial charge in [0.15, 0.2) is 5.75 Å². The summed E-state index contributed by atoms with van der Waals surface area (Å²) < 4.78 is 66.3. The monoisotopic (exact) mass is 629 g/mol. The first-order valence-corrected chi connectivity index (χ1v) is 15.9. The Morgan fingerprint density at radius 1 is 0.744 bits per heavy atom. The molecule has 11 nitrogen and oxygen atoms in total. The Bertz CT molecular complexity index is 1930. The first kappa shape index (κ1) is 35.0. The zero-order valence-electron chi connectivity index (χ0n) is 24.9. The lowest BCUT2D eigenvalue weighted by Crippen LogP contribution is -2.08. The van der Waals surface area contributed by atoms with E-state index in [1.807, 2.05) is 52.8 Å². The van der Waals surface area contributed by atoms with Gasteiger partial charge in [0.25, 0.3) is 20.2 Å². The summed E-state index contributed by atoms with van der Waals surface area (Å²) in [5.74, 6) is -0.516. The minimum Gasteiger partial charge on any atom is -0.505 e. The highest BCUT2D eigenvalue weighted by Gasteiger charge is 2.26. The lowest BCUT2D eigenvalue weighted by Gasteiger charge is -2.13. The van der Waals surface area contributed by atoms with Crippen LogP contribution in [0.5, 0.6) is 5.75 Å². The van der Waals surface area contributed by atoms with Crippen LogP contribution in [0.25, 0.3) is 21.9 Å². The van der Waals surface area contributed by atoms with Crippen molar-refractivity contribution in [2.24, 2.45) is 10.2 Å². The molecular weight excluding hydrogens is 594 g/mol. The van der Waals surface area contributed by atoms with Gasteiger partial charge in [-0.3, -0.25) is 9.11 Å². The quantitative estimate of drug-likeness (QED) is 0.0997. The Morgan fingerprint density at radius 3 is 1.74 bits per heavy atom. The van der Waals surface area contributed by atoms with Gasteiger partial charge in [0, 0.05) is 5.39 Å². The molecule has 0 aliphatic heterocycles. The second-order valence-corrected chi connectivity index (χ2v) is 12.3. The van der Waals surface area contributed by atoms with Crippen LogP contribution in [-0.2, 0) is 25.0 Å². The molecule has 13 heteroatoms. The van der Waals surface area contributed by atoms with E-state index in [4.69, 9.17) is 5.73 Å². The molecule has 0 spiro atoms. The third-order valence-electron chi connectivity index (χ3n) is 5.93. The Balaban J connectivity index is 0.000000993. The number of aromatic hydroxyl groups is 1. The molecule has 5 N–H and O–H groups in total. The standard InChI is InChI=1S/C25H23N3O7S2.C3H6O.C2H6/c1-13-4-6-17(14(2)10-13)18-7-5-16(11-15(18)3)27-28-20-9-8-19-21(36(30,31)32)12-22(37(33,34)35)24(26)23(19)25(20)29;1-3(2)4;1-2/h4-12,29H,26H2,1-3H3,(H,30,31,32)(H,33,34,35);1-2H3;1-2H3. The Hall–Kier alpha value is -4.17. The molecule has 0 radical (unpaired) electrons. The smallest absolute Gasteiger partial charge is 0.296 e. The highest BCUT2D eigenvalue weighted by atomic mass is 32.2. The van der Waals surface area contributed by atoms with E-state index in [-0.39, 0.29) is 16.9 Å². The summed E-state index contributed by atoms with van der Waals surface area (Å²) in [7, 11) is -9.94. The van der Waals surface area contributed by atoms with Crippen LogP contribution in [-0.4, -0.2) is 36.8 Å². The Morgan fingerprint density at radius 2 is 1.26 bits per heavy atom. The van der Waals surface area contributed by atoms with Gasteiger partial charge in [0.1, 0.15) is 21.3 Å². The number of benzene rings is 4. The molecule has 0 bridgehead atoms. The molecular formula is C30H35N3O8S2. The number of rotatable bonds is 5. The highest BCUT2D eigenvalue weighted by Crippen LogP contribution is 2.43. The Labute approximate surface area is 251 Å². The molecule has 0 saturated heterocycles. The average molecular weight is 630 g/mol. The summed E-state index contributed by atoms with van der Waals surface area (Å²) in [5.41, 5.74) is 10.9. The van der Waals surface area contributed by atoms with Gasteiger partial charge in [-0.25, -0.2) is 0 Å². The number of carbonyl (C=O) groups is 1. The first-order chi connectivity index (χ1) is 19.9. The van der Waals surface area contributed by atoms with E-state index in [9.17, 15) is 35.8 Å². The van der Waals surface area contributed by atoms with Crippen LogP contribution in [0.4, 0.5) is 17.1 Å². The van der Waals surface area contributed by atoms with Crippen LogP contribution in [0.15, 0.2) is 74.6 Å². The van der Waals surface area contributed by atoms with Crippen molar-refractivity contribution in [2.45, 2.75) is 58.3 Å². The lowest BCUT2D eigenvalue weighted by molar-refractivity contribution is -0.115. The number of nitrogens with zero attached hydrogens (tertiary/aromatic N) is 2. The number of phenols is 1. The minimum absolute atomic E-state index is 0.149. The fourth-order valence-corrected chi connectivity index (χ4v) is 5.64. The van der Waals surface area contributed by atoms with Crippen molar-refractivity contribution in [1.82, 2.24) is 0 Å². The van der Waals surface area contributed by atoms with E-state index in [2.05, 4.69) is 16.3 Å². The molecule has 4 rings (SSSR count). The number of nitrogens with two attached hydrogens (primary N) is 1. The second-order valence-electron chi connectivity index (χ2n) is 9.52. The fraction of sp³-hybridized carbons (Fsp3) is 0.233. The predicted molar refractivity (Wildman–Crippen MR) is 168 cm³/mol. The molecule has 0 amide bonds. The van der Waals surface area contributed by atoms with Crippen molar-refractivity contribution in [3.8, 4) is 16.9 Å². The number of Topliss-reactive ketones (excluding diaryl/α,β-unsaturated/α-hetero) is 1. The van der Waals surface area contributed by atoms with Gasteiger partial charge in [-0.05, 0) is 81.1 Å². The van der Waals surface area contributed by atoms with E-state index in [0.29, 0.717) is 11.8 Å². The number of nitrogen functional groups attached to an aromatic ring is 1. The molecule has 0 heterocycles. The molecule has 43 heavy (non-hydrogen) atoms. The SMILES string of the molecule is CC.CC(C)=O.Cc1ccc(-c2ccc(N=Nc3ccc4c(S(=O)(=O)O)cc(S(=O)(=O)O)c(N)c4c3O)cc2C)c(C)c1. The van der Waals surface area contributed by atoms with E-state index < -0.39 is 46.9 Å². The maximum absolute atomic E-state index is 11.9. The van der Waals surface area contributed by atoms with E-state index in [0.717, 1.165) is 27.8 Å². The van der Waals surface area contributed by atoms with E-state index in [1.165, 1.54) is 26.0 Å². The molecule has 0 aliphatic carbocycles. The average Bonchev–Trinajstić information content (AvgIpc) is 2.88. The molecule has 0 atom stereocenters. The highest BCUT2D eigenvalue weighted by molar-refractivity contribution is 7.87. The number of fused-ring (bicyclic) bond motifs is 1. The summed E-state index contributed by atoms with van der Waals surface area (Å²) in [6.45, 7) is 13.0. The number of phenolic OH excluding ortho intramolecular Hbond substituents is 1. The number of ketones is 1. The van der Waals surface area contributed by atoms with Crippen molar-refractivity contribution >= 4 is 53.9 Å². The van der Waals surface area contributed by atoms with E-state index in [1.54, 1.807) is 12.1 Å². The zero-order valence-corrected chi connectivity index (χ0v) is 26.5. The van der Waals surface area contributed by atoms with Gasteiger partial charge >= 0.3 is 0 Å². The lowest BCUT2D eigenvalue weighted by atomic mass is 9.95. The first-order valence-electron chi connectivity index (χ1n) is 13.0. The number of anilines is 1. The summed E-state index contributed by atoms with van der Waals surface area (Å²) in [4.78, 5) is 7.59. The van der Waals surface area contributed by atoms with Crippen molar-refractivity contribution in [1.29, 1.82) is 0 Å². The predicted octanol–water partition coefficient (Wildman–Crippen LogP) is 7.25. The number of azo groups is 1. The minimum atomic E-state index is -5.00. The molecule has 0 fully saturated rings. The summed E-state index contributed by atoms with van der Waals surface area (Å²) in [5, 5.41) is 18.3. The number of hydrogen-bond donors (Lipinski definition) is 4. The van der Waals surface area contributed by atoms with Crippen LogP contribution in [0.1, 0.15) is 44.4 Å². The van der Waals surface area contributed by atoms with Gasteiger partial charge in [-0.1, -0.05) is 49.7 Å². The zero-order chi connectivity index (χ0) is 32.9. The summed E-state index contributed by atoms with van der Waals surface area (Å²) >= 11 is 0. The van der Waals surface area contributed by atoms with Gasteiger partial charge in [-0.2, -0.15) is 21.9 Å². The topological polar surface area (TPSA) is 197 Å². The molecule has 4 aromatic rings. The van der Waals surface area contributed by atoms with Crippen molar-refractivity contribution in [3.05, 3.63) is 71.3 Å². The van der Waals surface area contributed by atoms with Crippen molar-refractivity contribution < 1.29 is 35.8 Å². The molecule has 4 aromatic carbocycles. The van der Waals surface area contributed by atoms with Gasteiger partial charge in [-0.15, -0.1) is 5.11 Å². The van der Waals surface area contributed by atoms with Crippen LogP contribution in [0.3, 0.4) is 0 Å². The maximum atomic E-state index is 11.9. The molecule has 230 valence electrons. The molecule has 0 aromatic heterocycles. The second kappa shape index (κ2) is 13.9. The summed E-state index contributed by atoms with van der Waals surface area (Å²) in [6, 6.07) is 14.6. The number of aryl methyl sites for hydroxylation is 3. The van der Waals surface area contributed by atoms with Crippen LogP contribution in [0.2, 0.25) is 0 Å². The van der Waals surface area contributed by atoms with Gasteiger partial charge < -0.3 is 15.6 Å². The van der Waals surface area contributed by atoms with Crippen molar-refractivity contribution in [3.63, 3.8) is 0 Å². The molecule has 0 unspecified atom stereocenters. The third-order valence-corrected chi connectivity index (χ3v) is 7.72. The van der Waals surface area contributed by atoms with Crippen LogP contribution in [0, 0.1) is 20.8 Å². The Kier molecular flexibility index (Phi) is 11.3. The van der Waals surface area contributed by atoms with Crippen LogP contribution >= 0.6 is 0 Å². The van der Waals surface area contributed by atoms with Gasteiger partial charge in [0.2, 0.25) is 0 Å². The summed E-state index contributed by atoms with van der Waals surface area (Å²) in [6.07, 6.45) is 0. The fourth-order valence-electron chi connectivity index (χ4n) is 4.20. The molecule has 0 aliphatic rings. The number of carbonyl (C=O) groups excluding carboxylic acids is 1. The maximum Gasteiger partial charge on any atom is 0.296 e. The normalized spacial score (nSPS) is 11.5. The van der Waals surface area contributed by atoms with Crippen LogP contribution < -0.4 is 5.73 Å². The van der Waals surface area contributed by atoms with E-state index >= 15 is 0 Å². The molecule has 0 saturated carbocycles. The largest absolute Gasteiger partial charge is 0.505 e. The third kappa shape index (κ3) is 8.45. The van der Waals surface area contributed by atoms with Gasteiger partial charge in [0.05, 0.1) is 16.8 Å². The number of hydrogen-bond acceptors (Lipinski definition) is 9. The van der Waals surface area contributed by atoms with Crippen molar-refractivity contribution in [2.75, 3.05) is 5.73 Å².